The highest BCUT2D eigenvalue weighted by Gasteiger charge is 2.19. The van der Waals surface area contributed by atoms with Crippen LogP contribution < -0.4 is 4.74 Å². The van der Waals surface area contributed by atoms with Gasteiger partial charge in [0.05, 0.1) is 0 Å². The maximum absolute atomic E-state index is 6.07. The van der Waals surface area contributed by atoms with E-state index in [0.29, 0.717) is 0 Å². The van der Waals surface area contributed by atoms with Gasteiger partial charge >= 0.3 is 0 Å². The maximum Gasteiger partial charge on any atom is 0.119 e. The molecule has 4 aromatic rings. The molecule has 1 aliphatic rings. The van der Waals surface area contributed by atoms with Gasteiger partial charge in [0.25, 0.3) is 0 Å². The number of nitrogens with zero attached hydrogens (tertiary/aromatic N) is 1. The summed E-state index contributed by atoms with van der Waals surface area (Å²) in [5.74, 6) is 1.12. The van der Waals surface area contributed by atoms with Gasteiger partial charge in [-0.3, -0.25) is 4.90 Å². The summed E-state index contributed by atoms with van der Waals surface area (Å²) in [6.45, 7) is 4.19. The third-order valence-electron chi connectivity index (χ3n) is 6.67. The van der Waals surface area contributed by atoms with Crippen molar-refractivity contribution in [1.29, 1.82) is 0 Å². The minimum absolute atomic E-state index is 0. The quantitative estimate of drug-likeness (QED) is 0.186. The molecule has 0 aliphatic carbocycles. The first-order chi connectivity index (χ1) is 16.3. The third-order valence-corrected chi connectivity index (χ3v) is 7.42. The normalized spacial score (nSPS) is 14.6. The van der Waals surface area contributed by atoms with Crippen LogP contribution in [0.4, 0.5) is 0 Å². The van der Waals surface area contributed by atoms with Crippen LogP contribution in [-0.2, 0) is 0 Å². The predicted octanol–water partition coefficient (Wildman–Crippen LogP) is 7.64. The highest BCUT2D eigenvalue weighted by Crippen LogP contribution is 2.37. The van der Waals surface area contributed by atoms with E-state index in [0.717, 1.165) is 18.9 Å². The largest absolute Gasteiger partial charge is 0.492 e. The molecule has 0 aromatic heterocycles. The number of thioether (sulfide) groups is 1. The zero-order valence-electron chi connectivity index (χ0n) is 19.7. The summed E-state index contributed by atoms with van der Waals surface area (Å²) in [6.07, 6.45) is 4.77. The van der Waals surface area contributed by atoms with Gasteiger partial charge in [-0.25, -0.2) is 0 Å². The molecule has 1 unspecified atom stereocenters. The molecular formula is C30H32ClNOS. The van der Waals surface area contributed by atoms with Crippen molar-refractivity contribution < 1.29 is 4.74 Å². The zero-order chi connectivity index (χ0) is 22.5. The SMILES string of the molecule is CSc1ccc(C(c2ccc(OCCN3CCCC3)cc2)c2cccc3ccccc23)cc1.Cl. The van der Waals surface area contributed by atoms with E-state index >= 15 is 0 Å². The molecule has 0 N–H and O–H groups in total. The van der Waals surface area contributed by atoms with E-state index in [9.17, 15) is 0 Å². The van der Waals surface area contributed by atoms with Gasteiger partial charge in [0, 0.05) is 17.4 Å². The number of fused-ring (bicyclic) bond motifs is 1. The minimum Gasteiger partial charge on any atom is -0.492 e. The molecule has 4 aromatic carbocycles. The Morgan fingerprint density at radius 1 is 0.794 bits per heavy atom. The summed E-state index contributed by atoms with van der Waals surface area (Å²) in [7, 11) is 0. The molecule has 0 saturated carbocycles. The molecule has 1 aliphatic heterocycles. The Hall–Kier alpha value is -2.46. The molecule has 1 fully saturated rings. The van der Waals surface area contributed by atoms with Crippen LogP contribution in [-0.4, -0.2) is 37.4 Å². The second kappa shape index (κ2) is 11.8. The standard InChI is InChI=1S/C30H31NOS.ClH/c1-33-27-17-13-25(14-18-27)30(29-10-6-8-23-7-2-3-9-28(23)29)24-11-15-26(16-12-24)32-22-21-31-19-4-5-20-31;/h2-3,6-18,30H,4-5,19-22H2,1H3;1H. The summed E-state index contributed by atoms with van der Waals surface area (Å²) in [6, 6.07) is 33.1. The summed E-state index contributed by atoms with van der Waals surface area (Å²) >= 11 is 1.78. The summed E-state index contributed by atoms with van der Waals surface area (Å²) < 4.78 is 6.07. The van der Waals surface area contributed by atoms with Crippen molar-refractivity contribution in [3.05, 3.63) is 108 Å². The highest BCUT2D eigenvalue weighted by molar-refractivity contribution is 7.98. The molecule has 0 radical (unpaired) electrons. The van der Waals surface area contributed by atoms with Crippen LogP contribution in [0.25, 0.3) is 10.8 Å². The van der Waals surface area contributed by atoms with E-state index in [-0.39, 0.29) is 18.3 Å². The molecule has 2 nitrogen and oxygen atoms in total. The fourth-order valence-corrected chi connectivity index (χ4v) is 5.31. The van der Waals surface area contributed by atoms with Crippen LogP contribution in [0.5, 0.6) is 5.75 Å². The van der Waals surface area contributed by atoms with Crippen molar-refractivity contribution in [1.82, 2.24) is 4.90 Å². The maximum atomic E-state index is 6.07. The molecule has 1 saturated heterocycles. The Bertz CT molecular complexity index is 1180. The number of hydrogen-bond acceptors (Lipinski definition) is 3. The first-order valence-corrected chi connectivity index (χ1v) is 13.1. The molecule has 0 amide bonds. The van der Waals surface area contributed by atoms with Gasteiger partial charge in [0.1, 0.15) is 12.4 Å². The number of halogens is 1. The number of hydrogen-bond donors (Lipinski definition) is 0. The van der Waals surface area contributed by atoms with Gasteiger partial charge in [-0.1, -0.05) is 66.7 Å². The predicted molar refractivity (Wildman–Crippen MR) is 148 cm³/mol. The fraction of sp³-hybridized carbons (Fsp3) is 0.267. The number of rotatable bonds is 8. The van der Waals surface area contributed by atoms with E-state index in [1.807, 2.05) is 0 Å². The third kappa shape index (κ3) is 5.60. The van der Waals surface area contributed by atoms with Crippen LogP contribution in [0.15, 0.2) is 95.9 Å². The molecule has 0 bridgehead atoms. The van der Waals surface area contributed by atoms with Crippen LogP contribution in [0, 0.1) is 0 Å². The lowest BCUT2D eigenvalue weighted by atomic mass is 9.83. The number of likely N-dealkylation sites (tertiary alicyclic amines) is 1. The Kier molecular flexibility index (Phi) is 8.55. The molecule has 34 heavy (non-hydrogen) atoms. The van der Waals surface area contributed by atoms with Crippen molar-refractivity contribution in [2.45, 2.75) is 23.7 Å². The van der Waals surface area contributed by atoms with Crippen LogP contribution in [0.3, 0.4) is 0 Å². The molecular weight excluding hydrogens is 458 g/mol. The Morgan fingerprint density at radius 3 is 2.15 bits per heavy atom. The minimum atomic E-state index is 0. The lowest BCUT2D eigenvalue weighted by molar-refractivity contribution is 0.238. The van der Waals surface area contributed by atoms with E-state index in [4.69, 9.17) is 4.74 Å². The molecule has 5 rings (SSSR count). The van der Waals surface area contributed by atoms with Crippen molar-refractivity contribution in [3.63, 3.8) is 0 Å². The molecule has 4 heteroatoms. The van der Waals surface area contributed by atoms with Crippen molar-refractivity contribution in [2.75, 3.05) is 32.5 Å². The summed E-state index contributed by atoms with van der Waals surface area (Å²) in [5, 5.41) is 2.59. The van der Waals surface area contributed by atoms with Crippen molar-refractivity contribution in [3.8, 4) is 5.75 Å². The lowest BCUT2D eigenvalue weighted by Gasteiger charge is -2.22. The number of ether oxygens (including phenoxy) is 1. The second-order valence-corrected chi connectivity index (χ2v) is 9.62. The van der Waals surface area contributed by atoms with Gasteiger partial charge in [0.15, 0.2) is 0 Å². The fourth-order valence-electron chi connectivity index (χ4n) is 4.91. The van der Waals surface area contributed by atoms with Crippen molar-refractivity contribution in [2.24, 2.45) is 0 Å². The van der Waals surface area contributed by atoms with Crippen LogP contribution >= 0.6 is 24.2 Å². The van der Waals surface area contributed by atoms with E-state index in [2.05, 4.69) is 102 Å². The topological polar surface area (TPSA) is 12.5 Å². The molecule has 176 valence electrons. The second-order valence-electron chi connectivity index (χ2n) is 8.74. The Balaban J connectivity index is 0.00000274. The van der Waals surface area contributed by atoms with Gasteiger partial charge in [0.2, 0.25) is 0 Å². The summed E-state index contributed by atoms with van der Waals surface area (Å²) in [5.41, 5.74) is 3.94. The average Bonchev–Trinajstić information content (AvgIpc) is 3.39. The van der Waals surface area contributed by atoms with Gasteiger partial charge in [-0.2, -0.15) is 0 Å². The first kappa shape index (κ1) is 24.7. The van der Waals surface area contributed by atoms with Gasteiger partial charge in [-0.05, 0) is 83.9 Å². The van der Waals surface area contributed by atoms with Crippen LogP contribution in [0.1, 0.15) is 35.4 Å². The molecule has 1 heterocycles. The molecule has 0 spiro atoms. The zero-order valence-corrected chi connectivity index (χ0v) is 21.3. The van der Waals surface area contributed by atoms with E-state index in [1.54, 1.807) is 11.8 Å². The number of benzene rings is 4. The van der Waals surface area contributed by atoms with E-state index < -0.39 is 0 Å². The van der Waals surface area contributed by atoms with Gasteiger partial charge in [-0.15, -0.1) is 24.2 Å². The average molecular weight is 490 g/mol. The van der Waals surface area contributed by atoms with Crippen molar-refractivity contribution >= 4 is 34.9 Å². The first-order valence-electron chi connectivity index (χ1n) is 11.9. The summed E-state index contributed by atoms with van der Waals surface area (Å²) in [4.78, 5) is 3.78. The lowest BCUT2D eigenvalue weighted by Crippen LogP contribution is -2.25. The Morgan fingerprint density at radius 2 is 1.44 bits per heavy atom. The monoisotopic (exact) mass is 489 g/mol. The molecule has 1 atom stereocenters. The highest BCUT2D eigenvalue weighted by atomic mass is 35.5. The van der Waals surface area contributed by atoms with E-state index in [1.165, 1.54) is 58.3 Å². The Labute approximate surface area is 213 Å². The smallest absolute Gasteiger partial charge is 0.119 e. The van der Waals surface area contributed by atoms with Gasteiger partial charge < -0.3 is 4.74 Å². The van der Waals surface area contributed by atoms with Crippen LogP contribution in [0.2, 0.25) is 0 Å².